The van der Waals surface area contributed by atoms with E-state index >= 15 is 0 Å². The fourth-order valence-corrected chi connectivity index (χ4v) is 3.09. The number of aliphatic imine (C=N–C) groups is 1. The summed E-state index contributed by atoms with van der Waals surface area (Å²) in [5.74, 6) is 1.77. The standard InChI is InChI=1S/C19H32N4O/c1-4-20-19(22-15-17-10-9-13-23(17)5-2)21-14-16(3)24-18-11-7-6-8-12-18/h6-8,11-12,16-17H,4-5,9-10,13-15H2,1-3H3,(H2,20,21,22). The molecule has 24 heavy (non-hydrogen) atoms. The number of likely N-dealkylation sites (N-methyl/N-ethyl adjacent to an activating group) is 1. The summed E-state index contributed by atoms with van der Waals surface area (Å²) < 4.78 is 5.88. The van der Waals surface area contributed by atoms with Crippen molar-refractivity contribution in [1.82, 2.24) is 15.5 Å². The second-order valence-electron chi connectivity index (χ2n) is 6.27. The van der Waals surface area contributed by atoms with E-state index in [4.69, 9.17) is 4.74 Å². The number of benzene rings is 1. The van der Waals surface area contributed by atoms with Crippen LogP contribution in [0.4, 0.5) is 0 Å². The molecule has 1 heterocycles. The normalized spacial score (nSPS) is 20.0. The van der Waals surface area contributed by atoms with Crippen molar-refractivity contribution >= 4 is 5.96 Å². The third-order valence-electron chi connectivity index (χ3n) is 4.34. The summed E-state index contributed by atoms with van der Waals surface area (Å²) in [7, 11) is 0. The molecule has 134 valence electrons. The summed E-state index contributed by atoms with van der Waals surface area (Å²) in [6, 6.07) is 10.5. The zero-order valence-electron chi connectivity index (χ0n) is 15.3. The van der Waals surface area contributed by atoms with Crippen LogP contribution < -0.4 is 15.4 Å². The van der Waals surface area contributed by atoms with E-state index in [1.54, 1.807) is 0 Å². The zero-order chi connectivity index (χ0) is 17.2. The maximum absolute atomic E-state index is 5.88. The lowest BCUT2D eigenvalue weighted by Gasteiger charge is -2.24. The highest BCUT2D eigenvalue weighted by atomic mass is 16.5. The summed E-state index contributed by atoms with van der Waals surface area (Å²) in [5.41, 5.74) is 0. The molecule has 0 spiro atoms. The molecule has 1 aliphatic heterocycles. The van der Waals surface area contributed by atoms with E-state index < -0.39 is 0 Å². The number of likely N-dealkylation sites (tertiary alicyclic amines) is 1. The minimum absolute atomic E-state index is 0.0430. The van der Waals surface area contributed by atoms with Gasteiger partial charge in [-0.15, -0.1) is 0 Å². The number of guanidine groups is 1. The number of nitrogens with one attached hydrogen (secondary N) is 2. The van der Waals surface area contributed by atoms with Crippen molar-refractivity contribution < 1.29 is 4.74 Å². The Morgan fingerprint density at radius 2 is 2.08 bits per heavy atom. The summed E-state index contributed by atoms with van der Waals surface area (Å²) in [6.45, 7) is 11.2. The van der Waals surface area contributed by atoms with Gasteiger partial charge in [0.05, 0.1) is 6.54 Å². The number of hydrogen-bond donors (Lipinski definition) is 2. The lowest BCUT2D eigenvalue weighted by molar-refractivity contribution is 0.230. The largest absolute Gasteiger partial charge is 0.489 e. The summed E-state index contributed by atoms with van der Waals surface area (Å²) in [5, 5.41) is 6.81. The van der Waals surface area contributed by atoms with Crippen LogP contribution in [-0.2, 0) is 0 Å². The topological polar surface area (TPSA) is 48.9 Å². The fourth-order valence-electron chi connectivity index (χ4n) is 3.09. The molecule has 5 nitrogen and oxygen atoms in total. The molecule has 5 heteroatoms. The molecule has 2 atom stereocenters. The minimum atomic E-state index is 0.0430. The van der Waals surface area contributed by atoms with Crippen molar-refractivity contribution in [3.8, 4) is 5.75 Å². The first-order valence-corrected chi connectivity index (χ1v) is 9.20. The molecule has 1 aromatic rings. The Bertz CT molecular complexity index is 491. The van der Waals surface area contributed by atoms with E-state index in [2.05, 4.69) is 41.3 Å². The van der Waals surface area contributed by atoms with Gasteiger partial charge in [0.2, 0.25) is 0 Å². The van der Waals surface area contributed by atoms with Crippen LogP contribution in [0.15, 0.2) is 35.3 Å². The Kier molecular flexibility index (Phi) is 7.89. The highest BCUT2D eigenvalue weighted by Gasteiger charge is 2.22. The van der Waals surface area contributed by atoms with Crippen molar-refractivity contribution in [2.24, 2.45) is 4.99 Å². The molecule has 0 aromatic heterocycles. The van der Waals surface area contributed by atoms with Crippen LogP contribution in [0.25, 0.3) is 0 Å². The Balaban J connectivity index is 1.81. The van der Waals surface area contributed by atoms with Gasteiger partial charge in [0, 0.05) is 19.1 Å². The van der Waals surface area contributed by atoms with E-state index in [0.29, 0.717) is 12.6 Å². The number of ether oxygens (including phenoxy) is 1. The molecule has 1 saturated heterocycles. The van der Waals surface area contributed by atoms with Crippen molar-refractivity contribution in [2.45, 2.75) is 45.8 Å². The van der Waals surface area contributed by atoms with E-state index in [1.165, 1.54) is 19.4 Å². The first-order valence-electron chi connectivity index (χ1n) is 9.20. The van der Waals surface area contributed by atoms with Crippen molar-refractivity contribution in [3.05, 3.63) is 30.3 Å². The average molecular weight is 332 g/mol. The van der Waals surface area contributed by atoms with Gasteiger partial charge >= 0.3 is 0 Å². The van der Waals surface area contributed by atoms with Gasteiger partial charge in [0.25, 0.3) is 0 Å². The number of nitrogens with zero attached hydrogens (tertiary/aromatic N) is 2. The monoisotopic (exact) mass is 332 g/mol. The molecule has 0 saturated carbocycles. The van der Waals surface area contributed by atoms with Crippen molar-refractivity contribution in [2.75, 3.05) is 32.7 Å². The maximum atomic E-state index is 5.88. The van der Waals surface area contributed by atoms with Crippen LogP contribution in [0.3, 0.4) is 0 Å². The maximum Gasteiger partial charge on any atom is 0.191 e. The smallest absolute Gasteiger partial charge is 0.191 e. The average Bonchev–Trinajstić information content (AvgIpc) is 3.06. The molecular formula is C19H32N4O. The highest BCUT2D eigenvalue weighted by Crippen LogP contribution is 2.15. The van der Waals surface area contributed by atoms with Crippen LogP contribution in [0.1, 0.15) is 33.6 Å². The molecule has 1 fully saturated rings. The van der Waals surface area contributed by atoms with Crippen LogP contribution >= 0.6 is 0 Å². The highest BCUT2D eigenvalue weighted by molar-refractivity contribution is 5.79. The van der Waals surface area contributed by atoms with E-state index in [1.807, 2.05) is 30.3 Å². The van der Waals surface area contributed by atoms with E-state index in [-0.39, 0.29) is 6.10 Å². The van der Waals surface area contributed by atoms with E-state index in [0.717, 1.165) is 31.3 Å². The first kappa shape index (κ1) is 18.6. The van der Waals surface area contributed by atoms with Gasteiger partial charge in [-0.05, 0) is 51.9 Å². The molecule has 0 aliphatic carbocycles. The van der Waals surface area contributed by atoms with Crippen LogP contribution in [0.2, 0.25) is 0 Å². The fraction of sp³-hybridized carbons (Fsp3) is 0.632. The van der Waals surface area contributed by atoms with Crippen molar-refractivity contribution in [1.29, 1.82) is 0 Å². The summed E-state index contributed by atoms with van der Waals surface area (Å²) in [4.78, 5) is 7.21. The quantitative estimate of drug-likeness (QED) is 0.567. The molecule has 0 bridgehead atoms. The number of hydrogen-bond acceptors (Lipinski definition) is 3. The summed E-state index contributed by atoms with van der Waals surface area (Å²) >= 11 is 0. The third-order valence-corrected chi connectivity index (χ3v) is 4.34. The van der Waals surface area contributed by atoms with Gasteiger partial charge in [-0.1, -0.05) is 25.1 Å². The molecule has 2 N–H and O–H groups in total. The predicted molar refractivity (Wildman–Crippen MR) is 101 cm³/mol. The van der Waals surface area contributed by atoms with Crippen LogP contribution in [0, 0.1) is 0 Å². The van der Waals surface area contributed by atoms with Gasteiger partial charge in [-0.25, -0.2) is 4.99 Å². The van der Waals surface area contributed by atoms with Crippen molar-refractivity contribution in [3.63, 3.8) is 0 Å². The molecule has 2 unspecified atom stereocenters. The van der Waals surface area contributed by atoms with Crippen LogP contribution in [-0.4, -0.2) is 55.7 Å². The first-order chi connectivity index (χ1) is 11.7. The van der Waals surface area contributed by atoms with Gasteiger partial charge in [-0.3, -0.25) is 4.90 Å². The number of para-hydroxylation sites is 1. The predicted octanol–water partition coefficient (Wildman–Crippen LogP) is 2.49. The lowest BCUT2D eigenvalue weighted by Crippen LogP contribution is -2.45. The lowest BCUT2D eigenvalue weighted by atomic mass is 10.2. The molecule has 2 rings (SSSR count). The molecule has 1 aromatic carbocycles. The van der Waals surface area contributed by atoms with Gasteiger partial charge < -0.3 is 15.4 Å². The molecule has 0 radical (unpaired) electrons. The molecule has 1 aliphatic rings. The van der Waals surface area contributed by atoms with Gasteiger partial charge in [0.15, 0.2) is 5.96 Å². The third kappa shape index (κ3) is 6.04. The second-order valence-corrected chi connectivity index (χ2v) is 6.27. The Morgan fingerprint density at radius 3 is 2.79 bits per heavy atom. The Hall–Kier alpha value is -1.75. The van der Waals surface area contributed by atoms with Gasteiger partial charge in [0.1, 0.15) is 11.9 Å². The summed E-state index contributed by atoms with van der Waals surface area (Å²) in [6.07, 6.45) is 2.62. The Labute approximate surface area is 146 Å². The Morgan fingerprint density at radius 1 is 1.29 bits per heavy atom. The minimum Gasteiger partial charge on any atom is -0.489 e. The van der Waals surface area contributed by atoms with Crippen LogP contribution in [0.5, 0.6) is 5.75 Å². The molecule has 0 amide bonds. The SMILES string of the molecule is CCNC(=NCC(C)Oc1ccccc1)NCC1CCCN1CC. The zero-order valence-corrected chi connectivity index (χ0v) is 15.3. The van der Waals surface area contributed by atoms with E-state index in [9.17, 15) is 0 Å². The second kappa shape index (κ2) is 10.2. The van der Waals surface area contributed by atoms with Gasteiger partial charge in [-0.2, -0.15) is 0 Å². The number of rotatable bonds is 8. The molecular weight excluding hydrogens is 300 g/mol.